The minimum atomic E-state index is -0.597. The van der Waals surface area contributed by atoms with Gasteiger partial charge in [-0.3, -0.25) is 4.79 Å². The van der Waals surface area contributed by atoms with Crippen LogP contribution in [0.1, 0.15) is 32.4 Å². The van der Waals surface area contributed by atoms with Crippen molar-refractivity contribution in [2.24, 2.45) is 5.73 Å². The van der Waals surface area contributed by atoms with Crippen LogP contribution < -0.4 is 11.1 Å². The summed E-state index contributed by atoms with van der Waals surface area (Å²) in [5.74, 6) is -0.120. The Bertz CT molecular complexity index is 376. The maximum absolute atomic E-state index is 12.1. The smallest absolute Gasteiger partial charge is 0.241 e. The molecule has 0 aliphatic rings. The van der Waals surface area contributed by atoms with Crippen LogP contribution in [0.5, 0.6) is 0 Å². The maximum atomic E-state index is 12.1. The summed E-state index contributed by atoms with van der Waals surface area (Å²) >= 11 is 0. The summed E-state index contributed by atoms with van der Waals surface area (Å²) in [6.45, 7) is 9.07. The lowest BCUT2D eigenvalue weighted by Crippen LogP contribution is -2.45. The Morgan fingerprint density at radius 2 is 1.84 bits per heavy atom. The van der Waals surface area contributed by atoms with Gasteiger partial charge in [0.25, 0.3) is 0 Å². The van der Waals surface area contributed by atoms with Crippen LogP contribution in [-0.2, 0) is 4.79 Å². The third-order valence-corrected chi connectivity index (χ3v) is 3.26. The first kappa shape index (κ1) is 15.7. The van der Waals surface area contributed by atoms with Gasteiger partial charge in [-0.1, -0.05) is 44.2 Å². The van der Waals surface area contributed by atoms with Gasteiger partial charge in [-0.05, 0) is 25.6 Å². The zero-order valence-corrected chi connectivity index (χ0v) is 12.1. The normalized spacial score (nSPS) is 14.2. The van der Waals surface area contributed by atoms with Crippen LogP contribution in [0.15, 0.2) is 30.3 Å². The van der Waals surface area contributed by atoms with Gasteiger partial charge in [0.2, 0.25) is 5.91 Å². The fraction of sp³-hybridized carbons (Fsp3) is 0.533. The van der Waals surface area contributed by atoms with Crippen LogP contribution in [-0.4, -0.2) is 36.5 Å². The van der Waals surface area contributed by atoms with Crippen molar-refractivity contribution < 1.29 is 4.79 Å². The Labute approximate surface area is 116 Å². The molecule has 0 radical (unpaired) electrons. The topological polar surface area (TPSA) is 58.4 Å². The lowest BCUT2D eigenvalue weighted by Gasteiger charge is -2.24. The van der Waals surface area contributed by atoms with E-state index in [4.69, 9.17) is 5.73 Å². The third-order valence-electron chi connectivity index (χ3n) is 3.26. The van der Waals surface area contributed by atoms with E-state index < -0.39 is 6.04 Å². The molecule has 2 atom stereocenters. The molecular formula is C15H25N3O. The number of rotatable bonds is 7. The molecule has 3 N–H and O–H groups in total. The first-order valence-electron chi connectivity index (χ1n) is 6.91. The molecule has 1 rings (SSSR count). The number of likely N-dealkylation sites (N-methyl/N-ethyl adjacent to an activating group) is 1. The lowest BCUT2D eigenvalue weighted by atomic mass is 10.1. The van der Waals surface area contributed by atoms with Gasteiger partial charge in [-0.25, -0.2) is 0 Å². The highest BCUT2D eigenvalue weighted by Gasteiger charge is 2.18. The summed E-state index contributed by atoms with van der Waals surface area (Å²) in [5, 5.41) is 2.97. The average molecular weight is 263 g/mol. The highest BCUT2D eigenvalue weighted by Crippen LogP contribution is 2.09. The van der Waals surface area contributed by atoms with Gasteiger partial charge in [0.15, 0.2) is 0 Å². The SMILES string of the molecule is CCN(CC)CC(C)NC(=O)C(N)c1ccccc1. The van der Waals surface area contributed by atoms with Gasteiger partial charge in [-0.15, -0.1) is 0 Å². The molecule has 0 saturated carbocycles. The molecular weight excluding hydrogens is 238 g/mol. The molecule has 0 aromatic heterocycles. The van der Waals surface area contributed by atoms with Crippen LogP contribution >= 0.6 is 0 Å². The molecule has 0 aliphatic heterocycles. The van der Waals surface area contributed by atoms with Crippen molar-refractivity contribution >= 4 is 5.91 Å². The van der Waals surface area contributed by atoms with Crippen LogP contribution in [0.4, 0.5) is 0 Å². The molecule has 0 heterocycles. The van der Waals surface area contributed by atoms with Crippen LogP contribution in [0.25, 0.3) is 0 Å². The van der Waals surface area contributed by atoms with Crippen LogP contribution in [0, 0.1) is 0 Å². The minimum absolute atomic E-state index is 0.0992. The quantitative estimate of drug-likeness (QED) is 0.784. The second-order valence-electron chi connectivity index (χ2n) is 4.78. The number of benzene rings is 1. The summed E-state index contributed by atoms with van der Waals surface area (Å²) in [6, 6.07) is 8.95. The first-order valence-corrected chi connectivity index (χ1v) is 6.91. The Kier molecular flexibility index (Phi) is 6.53. The van der Waals surface area contributed by atoms with Crippen LogP contribution in [0.2, 0.25) is 0 Å². The lowest BCUT2D eigenvalue weighted by molar-refractivity contribution is -0.123. The van der Waals surface area contributed by atoms with Crippen molar-refractivity contribution in [3.63, 3.8) is 0 Å². The standard InChI is InChI=1S/C15H25N3O/c1-4-18(5-2)11-12(3)17-15(19)14(16)13-9-7-6-8-10-13/h6-10,12,14H,4-5,11,16H2,1-3H3,(H,17,19). The number of nitrogens with one attached hydrogen (secondary N) is 1. The summed E-state index contributed by atoms with van der Waals surface area (Å²) in [6.07, 6.45) is 0. The molecule has 1 aromatic rings. The maximum Gasteiger partial charge on any atom is 0.241 e. The molecule has 0 saturated heterocycles. The van der Waals surface area contributed by atoms with Gasteiger partial charge in [0.05, 0.1) is 0 Å². The molecule has 0 aliphatic carbocycles. The Morgan fingerprint density at radius 3 is 2.37 bits per heavy atom. The number of amides is 1. The fourth-order valence-electron chi connectivity index (χ4n) is 2.06. The van der Waals surface area contributed by atoms with Gasteiger partial charge in [0.1, 0.15) is 6.04 Å². The number of nitrogens with two attached hydrogens (primary N) is 1. The largest absolute Gasteiger partial charge is 0.351 e. The zero-order chi connectivity index (χ0) is 14.3. The molecule has 1 aromatic carbocycles. The van der Waals surface area contributed by atoms with Crippen molar-refractivity contribution in [3.05, 3.63) is 35.9 Å². The first-order chi connectivity index (χ1) is 9.08. The zero-order valence-electron chi connectivity index (χ0n) is 12.1. The monoisotopic (exact) mass is 263 g/mol. The predicted octanol–water partition coefficient (Wildman–Crippen LogP) is 1.53. The summed E-state index contributed by atoms with van der Waals surface area (Å²) in [4.78, 5) is 14.3. The van der Waals surface area contributed by atoms with E-state index >= 15 is 0 Å². The second-order valence-corrected chi connectivity index (χ2v) is 4.78. The van der Waals surface area contributed by atoms with Gasteiger partial charge in [-0.2, -0.15) is 0 Å². The third kappa shape index (κ3) is 5.01. The molecule has 4 heteroatoms. The number of hydrogen-bond donors (Lipinski definition) is 2. The Balaban J connectivity index is 2.50. The molecule has 0 bridgehead atoms. The number of carbonyl (C=O) groups is 1. The minimum Gasteiger partial charge on any atom is -0.351 e. The van der Waals surface area contributed by atoms with E-state index in [9.17, 15) is 4.79 Å². The number of nitrogens with zero attached hydrogens (tertiary/aromatic N) is 1. The molecule has 2 unspecified atom stereocenters. The summed E-state index contributed by atoms with van der Waals surface area (Å²) in [7, 11) is 0. The van der Waals surface area contributed by atoms with Crippen molar-refractivity contribution in [3.8, 4) is 0 Å². The van der Waals surface area contributed by atoms with Crippen molar-refractivity contribution in [2.45, 2.75) is 32.9 Å². The van der Waals surface area contributed by atoms with Crippen LogP contribution in [0.3, 0.4) is 0 Å². The average Bonchev–Trinajstić information content (AvgIpc) is 2.44. The molecule has 106 valence electrons. The van der Waals surface area contributed by atoms with Crippen molar-refractivity contribution in [2.75, 3.05) is 19.6 Å². The van der Waals surface area contributed by atoms with E-state index in [1.165, 1.54) is 0 Å². The Hall–Kier alpha value is -1.39. The van der Waals surface area contributed by atoms with E-state index in [1.807, 2.05) is 37.3 Å². The highest BCUT2D eigenvalue weighted by molar-refractivity contribution is 5.83. The number of hydrogen-bond acceptors (Lipinski definition) is 3. The van der Waals surface area contributed by atoms with E-state index in [0.29, 0.717) is 0 Å². The summed E-state index contributed by atoms with van der Waals surface area (Å²) in [5.41, 5.74) is 6.80. The fourth-order valence-corrected chi connectivity index (χ4v) is 2.06. The number of carbonyl (C=O) groups excluding carboxylic acids is 1. The summed E-state index contributed by atoms with van der Waals surface area (Å²) < 4.78 is 0. The molecule has 19 heavy (non-hydrogen) atoms. The van der Waals surface area contributed by atoms with Gasteiger partial charge < -0.3 is 16.0 Å². The Morgan fingerprint density at radius 1 is 1.26 bits per heavy atom. The molecule has 0 spiro atoms. The van der Waals surface area contributed by atoms with Crippen molar-refractivity contribution in [1.82, 2.24) is 10.2 Å². The second kappa shape index (κ2) is 7.92. The van der Waals surface area contributed by atoms with E-state index in [0.717, 1.165) is 25.2 Å². The van der Waals surface area contributed by atoms with E-state index in [2.05, 4.69) is 24.1 Å². The molecule has 4 nitrogen and oxygen atoms in total. The highest BCUT2D eigenvalue weighted by atomic mass is 16.2. The van der Waals surface area contributed by atoms with Gasteiger partial charge in [0, 0.05) is 12.6 Å². The predicted molar refractivity (Wildman–Crippen MR) is 78.8 cm³/mol. The van der Waals surface area contributed by atoms with Gasteiger partial charge >= 0.3 is 0 Å². The molecule has 1 amide bonds. The van der Waals surface area contributed by atoms with E-state index in [1.54, 1.807) is 0 Å². The van der Waals surface area contributed by atoms with Crippen molar-refractivity contribution in [1.29, 1.82) is 0 Å². The van der Waals surface area contributed by atoms with E-state index in [-0.39, 0.29) is 11.9 Å². The molecule has 0 fully saturated rings.